The van der Waals surface area contributed by atoms with Crippen LogP contribution < -0.4 is 5.32 Å². The van der Waals surface area contributed by atoms with Gasteiger partial charge in [0.15, 0.2) is 21.3 Å². The molecule has 0 radical (unpaired) electrons. The summed E-state index contributed by atoms with van der Waals surface area (Å²) in [5.41, 5.74) is 0.655. The first kappa shape index (κ1) is 15.2. The van der Waals surface area contributed by atoms with Crippen LogP contribution in [0.3, 0.4) is 0 Å². The number of aryl methyl sites for hydroxylation is 1. The molecule has 0 aromatic carbocycles. The maximum absolute atomic E-state index is 11.9. The third kappa shape index (κ3) is 3.38. The highest BCUT2D eigenvalue weighted by atomic mass is 32.2. The van der Waals surface area contributed by atoms with Crippen LogP contribution in [0, 0.1) is 6.92 Å². The average Bonchev–Trinajstić information content (AvgIpc) is 3.00. The molecule has 1 N–H and O–H groups in total. The molecule has 1 aliphatic heterocycles. The molecule has 2 aromatic rings. The van der Waals surface area contributed by atoms with Crippen LogP contribution in [0.4, 0.5) is 0 Å². The second kappa shape index (κ2) is 5.84. The van der Waals surface area contributed by atoms with Crippen LogP contribution in [-0.4, -0.2) is 57.4 Å². The molecule has 1 fully saturated rings. The van der Waals surface area contributed by atoms with Crippen LogP contribution in [0.25, 0.3) is 5.65 Å². The number of hydrogen-bond donors (Lipinski definition) is 1. The molecule has 3 heterocycles. The second-order valence-electron chi connectivity index (χ2n) is 5.14. The molecule has 1 atom stereocenters. The Labute approximate surface area is 131 Å². The molecule has 0 spiro atoms. The van der Waals surface area contributed by atoms with Crippen molar-refractivity contribution in [3.63, 3.8) is 0 Å². The molecular weight excluding hydrogens is 326 g/mol. The molecule has 1 amide bonds. The van der Waals surface area contributed by atoms with Crippen molar-refractivity contribution in [1.29, 1.82) is 0 Å². The fraction of sp³-hybridized carbons (Fsp3) is 0.500. The normalized spacial score (nSPS) is 20.3. The maximum atomic E-state index is 11.9. The summed E-state index contributed by atoms with van der Waals surface area (Å²) in [6.45, 7) is 1.80. The minimum atomic E-state index is -2.98. The number of aromatic nitrogens is 4. The van der Waals surface area contributed by atoms with Crippen molar-refractivity contribution < 1.29 is 13.2 Å². The summed E-state index contributed by atoms with van der Waals surface area (Å²) in [7, 11) is -2.98. The number of rotatable bonds is 4. The van der Waals surface area contributed by atoms with Crippen molar-refractivity contribution in [2.45, 2.75) is 24.4 Å². The van der Waals surface area contributed by atoms with Crippen LogP contribution in [0.2, 0.25) is 0 Å². The van der Waals surface area contributed by atoms with Gasteiger partial charge in [-0.05, 0) is 25.5 Å². The molecule has 2 aromatic heterocycles. The van der Waals surface area contributed by atoms with Gasteiger partial charge < -0.3 is 5.32 Å². The Morgan fingerprint density at radius 3 is 3.00 bits per heavy atom. The predicted octanol–water partition coefficient (Wildman–Crippen LogP) is -0.172. The largest absolute Gasteiger partial charge is 0.352 e. The van der Waals surface area contributed by atoms with E-state index in [-0.39, 0.29) is 29.2 Å². The average molecular weight is 341 g/mol. The predicted molar refractivity (Wildman–Crippen MR) is 81.4 cm³/mol. The first-order valence-corrected chi connectivity index (χ1v) is 9.55. The van der Waals surface area contributed by atoms with E-state index in [0.717, 1.165) is 0 Å². The summed E-state index contributed by atoms with van der Waals surface area (Å²) in [4.78, 5) is 11.9. The van der Waals surface area contributed by atoms with E-state index >= 15 is 0 Å². The lowest BCUT2D eigenvalue weighted by atomic mass is 10.3. The summed E-state index contributed by atoms with van der Waals surface area (Å²) in [5, 5.41) is 15.6. The highest BCUT2D eigenvalue weighted by molar-refractivity contribution is 7.99. The molecule has 8 nitrogen and oxygen atoms in total. The van der Waals surface area contributed by atoms with Crippen molar-refractivity contribution in [3.8, 4) is 0 Å². The first-order chi connectivity index (χ1) is 10.4. The van der Waals surface area contributed by atoms with Gasteiger partial charge in [0.2, 0.25) is 5.91 Å². The second-order valence-corrected chi connectivity index (χ2v) is 8.37. The van der Waals surface area contributed by atoms with Gasteiger partial charge in [0, 0.05) is 6.04 Å². The van der Waals surface area contributed by atoms with Crippen LogP contribution in [0.5, 0.6) is 0 Å². The van der Waals surface area contributed by atoms with Gasteiger partial charge in [-0.15, -0.1) is 10.2 Å². The van der Waals surface area contributed by atoms with Gasteiger partial charge in [0.05, 0.1) is 17.3 Å². The Kier molecular flexibility index (Phi) is 4.04. The molecule has 22 heavy (non-hydrogen) atoms. The van der Waals surface area contributed by atoms with Crippen LogP contribution in [0.15, 0.2) is 17.2 Å². The number of nitrogens with zero attached hydrogens (tertiary/aromatic N) is 4. The number of hydrogen-bond acceptors (Lipinski definition) is 7. The summed E-state index contributed by atoms with van der Waals surface area (Å²) in [6, 6.07) is 3.30. The highest BCUT2D eigenvalue weighted by Crippen LogP contribution is 2.16. The van der Waals surface area contributed by atoms with Crippen molar-refractivity contribution in [1.82, 2.24) is 25.1 Å². The fourth-order valence-electron chi connectivity index (χ4n) is 2.27. The number of thioether (sulfide) groups is 1. The van der Waals surface area contributed by atoms with Gasteiger partial charge in [-0.25, -0.2) is 8.42 Å². The first-order valence-electron chi connectivity index (χ1n) is 6.75. The van der Waals surface area contributed by atoms with E-state index in [0.29, 0.717) is 22.9 Å². The summed E-state index contributed by atoms with van der Waals surface area (Å²) in [5.74, 6) is 0.868. The van der Waals surface area contributed by atoms with E-state index in [1.54, 1.807) is 23.6 Å². The third-order valence-electron chi connectivity index (χ3n) is 3.34. The van der Waals surface area contributed by atoms with Crippen LogP contribution in [0.1, 0.15) is 12.2 Å². The van der Waals surface area contributed by atoms with Crippen molar-refractivity contribution in [2.75, 3.05) is 17.3 Å². The van der Waals surface area contributed by atoms with Crippen molar-refractivity contribution >= 4 is 33.2 Å². The minimum absolute atomic E-state index is 0.0352. The Balaban J connectivity index is 1.57. The van der Waals surface area contributed by atoms with Crippen LogP contribution in [-0.2, 0) is 14.6 Å². The standard InChI is InChI=1S/C12H15N5O3S2/c1-8-14-15-10-2-3-12(16-17(8)10)21-6-11(18)13-9-4-5-22(19,20)7-9/h2-3,9H,4-7H2,1H3,(H,13,18). The molecule has 0 saturated carbocycles. The summed E-state index contributed by atoms with van der Waals surface area (Å²) in [6.07, 6.45) is 0.489. The molecule has 1 aliphatic rings. The zero-order valence-electron chi connectivity index (χ0n) is 11.9. The van der Waals surface area contributed by atoms with Gasteiger partial charge in [-0.3, -0.25) is 4.79 Å². The van der Waals surface area contributed by atoms with Gasteiger partial charge >= 0.3 is 0 Å². The summed E-state index contributed by atoms with van der Waals surface area (Å²) < 4.78 is 24.3. The molecule has 3 rings (SSSR count). The smallest absolute Gasteiger partial charge is 0.230 e. The van der Waals surface area contributed by atoms with Crippen molar-refractivity contribution in [2.24, 2.45) is 0 Å². The minimum Gasteiger partial charge on any atom is -0.352 e. The molecule has 1 saturated heterocycles. The lowest BCUT2D eigenvalue weighted by molar-refractivity contribution is -0.119. The molecule has 10 heteroatoms. The highest BCUT2D eigenvalue weighted by Gasteiger charge is 2.28. The third-order valence-corrected chi connectivity index (χ3v) is 6.03. The van der Waals surface area contributed by atoms with Crippen molar-refractivity contribution in [3.05, 3.63) is 18.0 Å². The van der Waals surface area contributed by atoms with Gasteiger partial charge in [-0.2, -0.15) is 9.61 Å². The van der Waals surface area contributed by atoms with E-state index in [2.05, 4.69) is 20.6 Å². The SMILES string of the molecule is Cc1nnc2ccc(SCC(=O)NC3CCS(=O)(=O)C3)nn12. The fourth-order valence-corrected chi connectivity index (χ4v) is 4.61. The number of nitrogens with one attached hydrogen (secondary N) is 1. The number of sulfone groups is 1. The van der Waals surface area contributed by atoms with E-state index in [9.17, 15) is 13.2 Å². The Bertz CT molecular complexity index is 817. The summed E-state index contributed by atoms with van der Waals surface area (Å²) >= 11 is 1.29. The lowest BCUT2D eigenvalue weighted by Gasteiger charge is -2.10. The number of fused-ring (bicyclic) bond motifs is 1. The number of amides is 1. The Morgan fingerprint density at radius 2 is 2.27 bits per heavy atom. The molecule has 0 aliphatic carbocycles. The zero-order chi connectivity index (χ0) is 15.7. The Hall–Kier alpha value is -1.68. The molecule has 118 valence electrons. The van der Waals surface area contributed by atoms with Gasteiger partial charge in [-0.1, -0.05) is 11.8 Å². The van der Waals surface area contributed by atoms with E-state index in [1.165, 1.54) is 11.8 Å². The van der Waals surface area contributed by atoms with E-state index < -0.39 is 9.84 Å². The monoisotopic (exact) mass is 341 g/mol. The van der Waals surface area contributed by atoms with E-state index in [4.69, 9.17) is 0 Å². The quantitative estimate of drug-likeness (QED) is 0.769. The Morgan fingerprint density at radius 1 is 1.45 bits per heavy atom. The zero-order valence-corrected chi connectivity index (χ0v) is 13.5. The molecule has 1 unspecified atom stereocenters. The topological polar surface area (TPSA) is 106 Å². The van der Waals surface area contributed by atoms with Crippen LogP contribution >= 0.6 is 11.8 Å². The number of carbonyl (C=O) groups excluding carboxylic acids is 1. The van der Waals surface area contributed by atoms with Gasteiger partial charge in [0.25, 0.3) is 0 Å². The molecule has 0 bridgehead atoms. The number of carbonyl (C=O) groups is 1. The van der Waals surface area contributed by atoms with E-state index in [1.807, 2.05) is 0 Å². The molecular formula is C12H15N5O3S2. The van der Waals surface area contributed by atoms with Gasteiger partial charge in [0.1, 0.15) is 5.03 Å². The lowest BCUT2D eigenvalue weighted by Crippen LogP contribution is -2.36. The maximum Gasteiger partial charge on any atom is 0.230 e.